The zero-order chi connectivity index (χ0) is 16.2. The van der Waals surface area contributed by atoms with Gasteiger partial charge in [-0.1, -0.05) is 54.1 Å². The van der Waals surface area contributed by atoms with E-state index >= 15 is 0 Å². The largest absolute Gasteiger partial charge is 0.481 e. The summed E-state index contributed by atoms with van der Waals surface area (Å²) in [5.74, 6) is 0.268. The van der Waals surface area contributed by atoms with Crippen LogP contribution in [0.5, 0.6) is 0 Å². The summed E-state index contributed by atoms with van der Waals surface area (Å²) in [6, 6.07) is 17.8. The van der Waals surface area contributed by atoms with E-state index in [-0.39, 0.29) is 12.8 Å². The van der Waals surface area contributed by atoms with Gasteiger partial charge in [0.15, 0.2) is 11.7 Å². The first-order valence-electron chi connectivity index (χ1n) is 7.47. The van der Waals surface area contributed by atoms with Gasteiger partial charge < -0.3 is 9.52 Å². The van der Waals surface area contributed by atoms with E-state index in [1.165, 1.54) is 0 Å². The maximum atomic E-state index is 10.8. The number of carboxylic acids is 1. The molecule has 0 spiro atoms. The van der Waals surface area contributed by atoms with Crippen molar-refractivity contribution in [2.24, 2.45) is 0 Å². The predicted octanol–water partition coefficient (Wildman–Crippen LogP) is 4.33. The lowest BCUT2D eigenvalue weighted by atomic mass is 10.0. The molecule has 1 aromatic heterocycles. The molecule has 0 amide bonds. The van der Waals surface area contributed by atoms with Crippen LogP contribution in [0.15, 0.2) is 59.0 Å². The monoisotopic (exact) mass is 307 g/mol. The van der Waals surface area contributed by atoms with E-state index in [0.717, 1.165) is 22.4 Å². The lowest BCUT2D eigenvalue weighted by molar-refractivity contribution is -0.137. The van der Waals surface area contributed by atoms with E-state index in [4.69, 9.17) is 9.52 Å². The summed E-state index contributed by atoms with van der Waals surface area (Å²) < 4.78 is 5.89. The van der Waals surface area contributed by atoms with Crippen LogP contribution in [0.3, 0.4) is 0 Å². The van der Waals surface area contributed by atoms with Crippen LogP contribution >= 0.6 is 0 Å². The maximum Gasteiger partial charge on any atom is 0.303 e. The van der Waals surface area contributed by atoms with Gasteiger partial charge in [-0.3, -0.25) is 4.79 Å². The standard InChI is InChI=1S/C19H17NO3/c1-13-6-5-9-15(12-13)19-18(14-7-3-2-4-8-14)20-16(23-19)10-11-17(21)22/h2-9,12H,10-11H2,1H3,(H,21,22). The summed E-state index contributed by atoms with van der Waals surface area (Å²) >= 11 is 0. The molecular weight excluding hydrogens is 290 g/mol. The summed E-state index contributed by atoms with van der Waals surface area (Å²) in [6.07, 6.45) is 0.281. The summed E-state index contributed by atoms with van der Waals surface area (Å²) in [6.45, 7) is 2.02. The van der Waals surface area contributed by atoms with Crippen molar-refractivity contribution in [2.45, 2.75) is 19.8 Å². The van der Waals surface area contributed by atoms with E-state index < -0.39 is 5.97 Å². The zero-order valence-electron chi connectivity index (χ0n) is 12.8. The number of rotatable bonds is 5. The Hall–Kier alpha value is -2.88. The molecule has 2 aromatic carbocycles. The molecule has 0 saturated heterocycles. The van der Waals surface area contributed by atoms with Gasteiger partial charge in [0, 0.05) is 17.5 Å². The highest BCUT2D eigenvalue weighted by atomic mass is 16.4. The summed E-state index contributed by atoms with van der Waals surface area (Å²) in [5.41, 5.74) is 3.77. The fraction of sp³-hybridized carbons (Fsp3) is 0.158. The maximum absolute atomic E-state index is 10.8. The highest BCUT2D eigenvalue weighted by molar-refractivity contribution is 5.77. The quantitative estimate of drug-likeness (QED) is 0.762. The van der Waals surface area contributed by atoms with Gasteiger partial charge in [-0.25, -0.2) is 4.98 Å². The first-order chi connectivity index (χ1) is 11.1. The molecule has 0 unspecified atom stereocenters. The molecule has 0 radical (unpaired) electrons. The molecule has 1 heterocycles. The molecule has 3 rings (SSSR count). The van der Waals surface area contributed by atoms with Crippen molar-refractivity contribution in [2.75, 3.05) is 0 Å². The van der Waals surface area contributed by atoms with Crippen molar-refractivity contribution in [1.29, 1.82) is 0 Å². The highest BCUT2D eigenvalue weighted by Crippen LogP contribution is 2.33. The fourth-order valence-corrected chi connectivity index (χ4v) is 2.46. The number of hydrogen-bond acceptors (Lipinski definition) is 3. The van der Waals surface area contributed by atoms with Crippen LogP contribution in [-0.2, 0) is 11.2 Å². The second-order valence-corrected chi connectivity index (χ2v) is 5.41. The van der Waals surface area contributed by atoms with E-state index in [1.54, 1.807) is 0 Å². The average Bonchev–Trinajstić information content (AvgIpc) is 2.98. The Morgan fingerprint density at radius 3 is 2.52 bits per heavy atom. The molecule has 0 fully saturated rings. The molecule has 0 saturated carbocycles. The minimum atomic E-state index is -0.860. The van der Waals surface area contributed by atoms with Crippen LogP contribution < -0.4 is 0 Å². The number of aliphatic carboxylic acids is 1. The molecule has 0 bridgehead atoms. The van der Waals surface area contributed by atoms with E-state index in [9.17, 15) is 4.79 Å². The van der Waals surface area contributed by atoms with Crippen LogP contribution in [0, 0.1) is 6.92 Å². The van der Waals surface area contributed by atoms with Crippen molar-refractivity contribution in [3.05, 3.63) is 66.1 Å². The van der Waals surface area contributed by atoms with Crippen molar-refractivity contribution >= 4 is 5.97 Å². The Kier molecular flexibility index (Phi) is 4.24. The van der Waals surface area contributed by atoms with Crippen molar-refractivity contribution in [3.8, 4) is 22.6 Å². The predicted molar refractivity (Wildman–Crippen MR) is 88.1 cm³/mol. The second kappa shape index (κ2) is 6.48. The third kappa shape index (κ3) is 3.48. The Morgan fingerprint density at radius 2 is 1.83 bits per heavy atom. The number of benzene rings is 2. The molecule has 23 heavy (non-hydrogen) atoms. The van der Waals surface area contributed by atoms with Crippen molar-refractivity contribution < 1.29 is 14.3 Å². The summed E-state index contributed by atoms with van der Waals surface area (Å²) in [5, 5.41) is 8.85. The van der Waals surface area contributed by atoms with E-state index in [2.05, 4.69) is 4.98 Å². The van der Waals surface area contributed by atoms with Crippen molar-refractivity contribution in [1.82, 2.24) is 4.98 Å². The highest BCUT2D eigenvalue weighted by Gasteiger charge is 2.17. The molecule has 3 aromatic rings. The molecule has 4 nitrogen and oxygen atoms in total. The zero-order valence-corrected chi connectivity index (χ0v) is 12.8. The minimum Gasteiger partial charge on any atom is -0.481 e. The summed E-state index contributed by atoms with van der Waals surface area (Å²) in [7, 11) is 0. The normalized spacial score (nSPS) is 10.7. The molecule has 1 N–H and O–H groups in total. The number of hydrogen-bond donors (Lipinski definition) is 1. The van der Waals surface area contributed by atoms with E-state index in [1.807, 2.05) is 61.5 Å². The molecule has 0 aliphatic rings. The van der Waals surface area contributed by atoms with Gasteiger partial charge in [0.2, 0.25) is 0 Å². The van der Waals surface area contributed by atoms with Crippen LogP contribution in [-0.4, -0.2) is 16.1 Å². The lowest BCUT2D eigenvalue weighted by Gasteiger charge is -2.02. The van der Waals surface area contributed by atoms with Gasteiger partial charge in [-0.15, -0.1) is 0 Å². The molecule has 0 atom stereocenters. The fourth-order valence-electron chi connectivity index (χ4n) is 2.46. The Morgan fingerprint density at radius 1 is 1.09 bits per heavy atom. The average molecular weight is 307 g/mol. The molecule has 0 aliphatic carbocycles. The minimum absolute atomic E-state index is 0.00198. The summed E-state index contributed by atoms with van der Waals surface area (Å²) in [4.78, 5) is 15.3. The Balaban J connectivity index is 2.07. The first kappa shape index (κ1) is 15.0. The number of aromatic nitrogens is 1. The first-order valence-corrected chi connectivity index (χ1v) is 7.47. The van der Waals surface area contributed by atoms with Crippen LogP contribution in [0.1, 0.15) is 17.9 Å². The third-order valence-electron chi connectivity index (χ3n) is 3.55. The SMILES string of the molecule is Cc1cccc(-c2oc(CCC(=O)O)nc2-c2ccccc2)c1. The Bertz CT molecular complexity index is 822. The van der Waals surface area contributed by atoms with Crippen LogP contribution in [0.4, 0.5) is 0 Å². The Labute approximate surface area is 134 Å². The van der Waals surface area contributed by atoms with Gasteiger partial charge in [0.25, 0.3) is 0 Å². The van der Waals surface area contributed by atoms with Gasteiger partial charge in [-0.2, -0.15) is 0 Å². The number of oxazole rings is 1. The smallest absolute Gasteiger partial charge is 0.303 e. The molecule has 4 heteroatoms. The van der Waals surface area contributed by atoms with Crippen LogP contribution in [0.25, 0.3) is 22.6 Å². The second-order valence-electron chi connectivity index (χ2n) is 5.41. The molecule has 116 valence electrons. The topological polar surface area (TPSA) is 63.3 Å². The molecular formula is C19H17NO3. The number of carboxylic acid groups (broad SMARTS) is 1. The van der Waals surface area contributed by atoms with Gasteiger partial charge >= 0.3 is 5.97 Å². The number of aryl methyl sites for hydroxylation is 2. The third-order valence-corrected chi connectivity index (χ3v) is 3.55. The lowest BCUT2D eigenvalue weighted by Crippen LogP contribution is -1.97. The van der Waals surface area contributed by atoms with Crippen molar-refractivity contribution in [3.63, 3.8) is 0 Å². The van der Waals surface area contributed by atoms with Crippen LogP contribution in [0.2, 0.25) is 0 Å². The molecule has 0 aliphatic heterocycles. The van der Waals surface area contributed by atoms with Gasteiger partial charge in [-0.05, 0) is 13.0 Å². The van der Waals surface area contributed by atoms with Gasteiger partial charge in [0.1, 0.15) is 5.69 Å². The number of nitrogens with zero attached hydrogens (tertiary/aromatic N) is 1. The van der Waals surface area contributed by atoms with E-state index in [0.29, 0.717) is 11.7 Å². The van der Waals surface area contributed by atoms with Gasteiger partial charge in [0.05, 0.1) is 6.42 Å². The number of carbonyl (C=O) groups is 1.